The molecule has 0 spiro atoms. The van der Waals surface area contributed by atoms with Crippen molar-refractivity contribution in [2.45, 2.75) is 33.1 Å². The van der Waals surface area contributed by atoms with Crippen molar-refractivity contribution >= 4 is 0 Å². The number of benzene rings is 1. The Balaban J connectivity index is 2.28. The third-order valence-corrected chi connectivity index (χ3v) is 3.70. The topological polar surface area (TPSA) is 61.5 Å². The minimum absolute atomic E-state index is 0.245. The number of H-pyrrole nitrogens is 2. The van der Waals surface area contributed by atoms with Gasteiger partial charge in [-0.1, -0.05) is 0 Å². The number of aromatic amines is 2. The van der Waals surface area contributed by atoms with E-state index in [2.05, 4.69) is 35.1 Å². The second-order valence-corrected chi connectivity index (χ2v) is 4.70. The van der Waals surface area contributed by atoms with Gasteiger partial charge in [-0.05, 0) is 61.4 Å². The maximum Gasteiger partial charge on any atom is 0.340 e. The van der Waals surface area contributed by atoms with Crippen LogP contribution in [0.4, 0.5) is 0 Å². The molecule has 0 saturated carbocycles. The second-order valence-electron chi connectivity index (χ2n) is 4.70. The van der Waals surface area contributed by atoms with Crippen LogP contribution < -0.4 is 5.69 Å². The van der Waals surface area contributed by atoms with Crippen LogP contribution in [0.15, 0.2) is 10.9 Å². The van der Waals surface area contributed by atoms with Gasteiger partial charge in [-0.15, -0.1) is 0 Å². The summed E-state index contributed by atoms with van der Waals surface area (Å²) in [5.41, 5.74) is 6.30. The number of aromatic nitrogens is 3. The Hall–Kier alpha value is -1.84. The molecule has 1 aliphatic rings. The molecule has 88 valence electrons. The molecule has 3 rings (SSSR count). The summed E-state index contributed by atoms with van der Waals surface area (Å²) in [4.78, 5) is 13.9. The van der Waals surface area contributed by atoms with Gasteiger partial charge in [0.05, 0.1) is 0 Å². The van der Waals surface area contributed by atoms with Gasteiger partial charge >= 0.3 is 5.69 Å². The third-order valence-electron chi connectivity index (χ3n) is 3.70. The SMILES string of the molecule is Cc1cc(-c2n[nH]c(=O)[nH]2)c2c(c1C)CCC2. The minimum Gasteiger partial charge on any atom is -0.289 e. The first-order chi connectivity index (χ1) is 8.16. The monoisotopic (exact) mass is 229 g/mol. The lowest BCUT2D eigenvalue weighted by Crippen LogP contribution is -2.01. The molecule has 0 amide bonds. The quantitative estimate of drug-likeness (QED) is 0.784. The molecule has 0 bridgehead atoms. The maximum absolute atomic E-state index is 11.1. The maximum atomic E-state index is 11.1. The van der Waals surface area contributed by atoms with Gasteiger partial charge in [0.1, 0.15) is 0 Å². The summed E-state index contributed by atoms with van der Waals surface area (Å²) in [6.45, 7) is 4.29. The molecule has 1 aromatic carbocycles. The Morgan fingerprint density at radius 3 is 2.71 bits per heavy atom. The molecule has 0 fully saturated rings. The van der Waals surface area contributed by atoms with Crippen LogP contribution in [0.1, 0.15) is 28.7 Å². The zero-order chi connectivity index (χ0) is 12.0. The highest BCUT2D eigenvalue weighted by Gasteiger charge is 2.20. The van der Waals surface area contributed by atoms with Crippen LogP contribution in [-0.2, 0) is 12.8 Å². The molecule has 0 radical (unpaired) electrons. The van der Waals surface area contributed by atoms with Crippen molar-refractivity contribution in [3.8, 4) is 11.4 Å². The van der Waals surface area contributed by atoms with Crippen LogP contribution in [-0.4, -0.2) is 15.2 Å². The van der Waals surface area contributed by atoms with Crippen LogP contribution in [0.2, 0.25) is 0 Å². The fourth-order valence-electron chi connectivity index (χ4n) is 2.71. The van der Waals surface area contributed by atoms with Crippen molar-refractivity contribution < 1.29 is 0 Å². The molecule has 4 heteroatoms. The van der Waals surface area contributed by atoms with Crippen LogP contribution in [0.5, 0.6) is 0 Å². The molecule has 0 atom stereocenters. The van der Waals surface area contributed by atoms with Gasteiger partial charge in [0.15, 0.2) is 5.82 Å². The van der Waals surface area contributed by atoms with E-state index in [0.717, 1.165) is 18.4 Å². The van der Waals surface area contributed by atoms with Crippen molar-refractivity contribution in [1.82, 2.24) is 15.2 Å². The molecule has 2 aromatic rings. The van der Waals surface area contributed by atoms with Gasteiger partial charge < -0.3 is 0 Å². The van der Waals surface area contributed by atoms with Crippen molar-refractivity contribution in [2.75, 3.05) is 0 Å². The summed E-state index contributed by atoms with van der Waals surface area (Å²) >= 11 is 0. The van der Waals surface area contributed by atoms with E-state index in [0.29, 0.717) is 5.82 Å². The average Bonchev–Trinajstić information content (AvgIpc) is 2.92. The molecule has 0 aliphatic heterocycles. The molecule has 1 aliphatic carbocycles. The first-order valence-corrected chi connectivity index (χ1v) is 5.94. The van der Waals surface area contributed by atoms with Crippen LogP contribution in [0.25, 0.3) is 11.4 Å². The van der Waals surface area contributed by atoms with Gasteiger partial charge in [0, 0.05) is 5.56 Å². The van der Waals surface area contributed by atoms with Gasteiger partial charge in [-0.3, -0.25) is 4.98 Å². The number of hydrogen-bond acceptors (Lipinski definition) is 2. The van der Waals surface area contributed by atoms with E-state index >= 15 is 0 Å². The first kappa shape index (κ1) is 10.3. The van der Waals surface area contributed by atoms with Crippen molar-refractivity contribution in [3.05, 3.63) is 38.8 Å². The van der Waals surface area contributed by atoms with Crippen LogP contribution in [0.3, 0.4) is 0 Å². The van der Waals surface area contributed by atoms with Crippen molar-refractivity contribution in [1.29, 1.82) is 0 Å². The smallest absolute Gasteiger partial charge is 0.289 e. The van der Waals surface area contributed by atoms with E-state index in [1.54, 1.807) is 0 Å². The molecule has 1 heterocycles. The highest BCUT2D eigenvalue weighted by molar-refractivity contribution is 5.66. The number of nitrogens with zero attached hydrogens (tertiary/aromatic N) is 1. The predicted octanol–water partition coefficient (Wildman–Crippen LogP) is 1.87. The van der Waals surface area contributed by atoms with Gasteiger partial charge in [-0.25, -0.2) is 9.89 Å². The highest BCUT2D eigenvalue weighted by Crippen LogP contribution is 2.34. The molecule has 0 saturated heterocycles. The van der Waals surface area contributed by atoms with Gasteiger partial charge in [-0.2, -0.15) is 5.10 Å². The van der Waals surface area contributed by atoms with Gasteiger partial charge in [0.2, 0.25) is 0 Å². The predicted molar refractivity (Wildman–Crippen MR) is 66.1 cm³/mol. The molecule has 2 N–H and O–H groups in total. The summed E-state index contributed by atoms with van der Waals surface area (Å²) in [7, 11) is 0. The number of aryl methyl sites for hydroxylation is 1. The fraction of sp³-hybridized carbons (Fsp3) is 0.385. The summed E-state index contributed by atoms with van der Waals surface area (Å²) in [5, 5.41) is 6.47. The van der Waals surface area contributed by atoms with E-state index < -0.39 is 0 Å². The standard InChI is InChI=1S/C13H15N3O/c1-7-6-11(12-14-13(17)16-15-12)10-5-3-4-9(10)8(7)2/h6H,3-5H2,1-2H3,(H2,14,15,16,17). The number of rotatable bonds is 1. The molecule has 17 heavy (non-hydrogen) atoms. The summed E-state index contributed by atoms with van der Waals surface area (Å²) in [6, 6.07) is 2.13. The number of nitrogens with one attached hydrogen (secondary N) is 2. The molecule has 4 nitrogen and oxygen atoms in total. The van der Waals surface area contributed by atoms with E-state index in [4.69, 9.17) is 0 Å². The number of fused-ring (bicyclic) bond motifs is 1. The normalized spacial score (nSPS) is 14.0. The molecular weight excluding hydrogens is 214 g/mol. The zero-order valence-corrected chi connectivity index (χ0v) is 10.1. The Kier molecular flexibility index (Phi) is 2.18. The molecular formula is C13H15N3O. The Morgan fingerprint density at radius 1 is 1.24 bits per heavy atom. The molecule has 1 aromatic heterocycles. The summed E-state index contributed by atoms with van der Waals surface area (Å²) < 4.78 is 0. The summed E-state index contributed by atoms with van der Waals surface area (Å²) in [5.74, 6) is 0.663. The summed E-state index contributed by atoms with van der Waals surface area (Å²) in [6.07, 6.45) is 3.42. The lowest BCUT2D eigenvalue weighted by atomic mass is 9.94. The lowest BCUT2D eigenvalue weighted by molar-refractivity contribution is 0.909. The average molecular weight is 229 g/mol. The lowest BCUT2D eigenvalue weighted by Gasteiger charge is -2.11. The van der Waals surface area contributed by atoms with E-state index in [-0.39, 0.29) is 5.69 Å². The Labute approximate surface area is 99.1 Å². The largest absolute Gasteiger partial charge is 0.340 e. The van der Waals surface area contributed by atoms with E-state index in [9.17, 15) is 4.79 Å². The molecule has 0 unspecified atom stereocenters. The first-order valence-electron chi connectivity index (χ1n) is 5.94. The van der Waals surface area contributed by atoms with E-state index in [1.165, 1.54) is 28.7 Å². The fourth-order valence-corrected chi connectivity index (χ4v) is 2.71. The highest BCUT2D eigenvalue weighted by atomic mass is 16.1. The van der Waals surface area contributed by atoms with Gasteiger partial charge in [0.25, 0.3) is 0 Å². The number of hydrogen-bond donors (Lipinski definition) is 2. The second kappa shape index (κ2) is 3.58. The Bertz CT molecular complexity index is 637. The van der Waals surface area contributed by atoms with E-state index in [1.807, 2.05) is 0 Å². The van der Waals surface area contributed by atoms with Crippen molar-refractivity contribution in [2.24, 2.45) is 0 Å². The van der Waals surface area contributed by atoms with Crippen molar-refractivity contribution in [3.63, 3.8) is 0 Å². The van der Waals surface area contributed by atoms with Crippen LogP contribution >= 0.6 is 0 Å². The zero-order valence-electron chi connectivity index (χ0n) is 10.1. The van der Waals surface area contributed by atoms with Crippen LogP contribution in [0, 0.1) is 13.8 Å². The minimum atomic E-state index is -0.245. The third kappa shape index (κ3) is 1.52. The Morgan fingerprint density at radius 2 is 2.00 bits per heavy atom.